The molecule has 0 spiro atoms. The maximum absolute atomic E-state index is 13.5. The van der Waals surface area contributed by atoms with Crippen LogP contribution in [0.4, 0.5) is 14.4 Å². The molecule has 3 amide bonds. The summed E-state index contributed by atoms with van der Waals surface area (Å²) in [4.78, 5) is 40.2. The minimum absolute atomic E-state index is 0.0769. The molecule has 2 saturated carbocycles. The zero-order chi connectivity index (χ0) is 34.3. The van der Waals surface area contributed by atoms with Crippen molar-refractivity contribution in [3.05, 3.63) is 59.7 Å². The first-order valence-electron chi connectivity index (χ1n) is 18.4. The molecule has 5 aliphatic rings. The summed E-state index contributed by atoms with van der Waals surface area (Å²) in [6, 6.07) is 16.4. The van der Waals surface area contributed by atoms with E-state index in [-0.39, 0.29) is 38.7 Å². The molecule has 7 rings (SSSR count). The Balaban J connectivity index is 0.892. The molecule has 2 N–H and O–H groups in total. The molecular weight excluding hydrogens is 630 g/mol. The van der Waals surface area contributed by atoms with E-state index in [0.717, 1.165) is 73.6 Å². The molecule has 50 heavy (non-hydrogen) atoms. The van der Waals surface area contributed by atoms with E-state index in [1.807, 2.05) is 24.3 Å². The van der Waals surface area contributed by atoms with Crippen molar-refractivity contribution in [3.8, 4) is 34.8 Å². The highest BCUT2D eigenvalue weighted by atomic mass is 16.6. The monoisotopic (exact) mass is 677 g/mol. The van der Waals surface area contributed by atoms with Crippen LogP contribution in [0.2, 0.25) is 0 Å². The summed E-state index contributed by atoms with van der Waals surface area (Å²) < 4.78 is 17.1. The molecule has 0 aromatic heterocycles. The van der Waals surface area contributed by atoms with Crippen LogP contribution in [-0.4, -0.2) is 69.2 Å². The Labute approximate surface area is 295 Å². The van der Waals surface area contributed by atoms with Crippen molar-refractivity contribution in [3.63, 3.8) is 0 Å². The highest BCUT2D eigenvalue weighted by Crippen LogP contribution is 2.53. The first-order chi connectivity index (χ1) is 24.6. The van der Waals surface area contributed by atoms with Crippen molar-refractivity contribution in [1.82, 2.24) is 15.5 Å². The lowest BCUT2D eigenvalue weighted by atomic mass is 9.98. The number of nitrogens with one attached hydrogen (secondary N) is 2. The second-order valence-electron chi connectivity index (χ2n) is 14.2. The number of benzene rings is 2. The van der Waals surface area contributed by atoms with Crippen LogP contribution in [0.25, 0.3) is 11.1 Å². The van der Waals surface area contributed by atoms with Crippen molar-refractivity contribution in [1.29, 1.82) is 0 Å². The van der Waals surface area contributed by atoms with Gasteiger partial charge in [0.15, 0.2) is 0 Å². The summed E-state index contributed by atoms with van der Waals surface area (Å²) in [5.41, 5.74) is 4.57. The number of amides is 3. The summed E-state index contributed by atoms with van der Waals surface area (Å²) >= 11 is 0. The molecule has 2 aromatic rings. The lowest BCUT2D eigenvalue weighted by molar-refractivity contribution is 0.0973. The third-order valence-electron chi connectivity index (χ3n) is 11.4. The van der Waals surface area contributed by atoms with Gasteiger partial charge in [0.05, 0.1) is 13.2 Å². The van der Waals surface area contributed by atoms with Crippen molar-refractivity contribution < 1.29 is 28.6 Å². The average molecular weight is 678 g/mol. The van der Waals surface area contributed by atoms with Crippen molar-refractivity contribution in [2.24, 2.45) is 35.5 Å². The number of hydrogen-bond donors (Lipinski definition) is 2. The Bertz CT molecular complexity index is 1540. The van der Waals surface area contributed by atoms with Gasteiger partial charge in [-0.05, 0) is 83.4 Å². The molecule has 2 fully saturated rings. The van der Waals surface area contributed by atoms with Crippen molar-refractivity contribution in [2.75, 3.05) is 46.0 Å². The van der Waals surface area contributed by atoms with Crippen LogP contribution in [0.1, 0.15) is 68.4 Å². The second kappa shape index (κ2) is 15.9. The van der Waals surface area contributed by atoms with E-state index in [9.17, 15) is 14.4 Å². The minimum Gasteiger partial charge on any atom is -0.449 e. The zero-order valence-electron chi connectivity index (χ0n) is 28.7. The smallest absolute Gasteiger partial charge is 0.409 e. The van der Waals surface area contributed by atoms with Gasteiger partial charge in [-0.15, -0.1) is 23.7 Å². The number of hydrogen-bond acceptors (Lipinski definition) is 6. The molecule has 2 unspecified atom stereocenters. The molecule has 0 aliphatic heterocycles. The van der Waals surface area contributed by atoms with Gasteiger partial charge in [0.2, 0.25) is 0 Å². The van der Waals surface area contributed by atoms with Crippen LogP contribution in [-0.2, 0) is 14.2 Å². The number of carbonyl (C=O) groups excluding carboxylic acids is 3. The van der Waals surface area contributed by atoms with Crippen molar-refractivity contribution >= 4 is 18.3 Å². The standard InChI is InChI=1S/C41H47N3O6/c45-39(48-25-36-32-13-5-1-2-6-14-33(32)36)42-21-23-44(24-22-43-40(46)49-26-37-34-15-7-3-4-8-16-35(34)37)41(47)50-27-38-30-19-11-9-17-28(30)29-18-10-12-20-31(29)38/h9-12,17-20,32-38H,5-8,13-16,21-27H2,(H,42,45)(H,43,46)/t32-,33+,34-,35+,36?,37?. The molecule has 6 atom stereocenters. The van der Waals surface area contributed by atoms with Gasteiger partial charge >= 0.3 is 18.3 Å². The molecule has 0 radical (unpaired) electrons. The van der Waals surface area contributed by atoms with Crippen LogP contribution in [0.5, 0.6) is 0 Å². The lowest BCUT2D eigenvalue weighted by Gasteiger charge is -2.24. The number of fused-ring (bicyclic) bond motifs is 5. The van der Waals surface area contributed by atoms with E-state index in [1.54, 1.807) is 0 Å². The molecule has 0 heterocycles. The van der Waals surface area contributed by atoms with Crippen LogP contribution in [0, 0.1) is 59.2 Å². The van der Waals surface area contributed by atoms with Gasteiger partial charge in [0.1, 0.15) is 6.61 Å². The first-order valence-corrected chi connectivity index (χ1v) is 18.4. The van der Waals surface area contributed by atoms with Crippen LogP contribution in [0.3, 0.4) is 0 Å². The van der Waals surface area contributed by atoms with Gasteiger partial charge in [-0.2, -0.15) is 0 Å². The molecule has 9 heteroatoms. The average Bonchev–Trinajstić information content (AvgIpc) is 3.93. The number of nitrogens with zero attached hydrogens (tertiary/aromatic N) is 1. The summed E-state index contributed by atoms with van der Waals surface area (Å²) in [6.45, 7) is 1.75. The number of rotatable bonds is 12. The molecular formula is C41H47N3O6. The van der Waals surface area contributed by atoms with Gasteiger partial charge in [0, 0.05) is 57.8 Å². The third kappa shape index (κ3) is 8.05. The normalized spacial score (nSPS) is 25.3. The van der Waals surface area contributed by atoms with E-state index >= 15 is 0 Å². The van der Waals surface area contributed by atoms with Gasteiger partial charge in [-0.25, -0.2) is 14.4 Å². The predicted molar refractivity (Wildman–Crippen MR) is 189 cm³/mol. The van der Waals surface area contributed by atoms with Crippen LogP contribution >= 0.6 is 0 Å². The Morgan fingerprint density at radius 3 is 1.46 bits per heavy atom. The van der Waals surface area contributed by atoms with Crippen molar-refractivity contribution in [2.45, 2.75) is 57.3 Å². The molecule has 9 nitrogen and oxygen atoms in total. The quantitative estimate of drug-likeness (QED) is 0.195. The minimum atomic E-state index is -0.509. The van der Waals surface area contributed by atoms with E-state index in [1.165, 1.54) is 4.90 Å². The molecule has 0 saturated heterocycles. The summed E-state index contributed by atoms with van der Waals surface area (Å²) in [6.07, 6.45) is 6.45. The molecule has 262 valence electrons. The maximum atomic E-state index is 13.5. The second-order valence-corrected chi connectivity index (χ2v) is 14.2. The fourth-order valence-corrected chi connectivity index (χ4v) is 8.58. The van der Waals surface area contributed by atoms with Gasteiger partial charge in [-0.1, -0.05) is 48.5 Å². The number of alkyl carbamates (subject to hydrolysis) is 2. The van der Waals surface area contributed by atoms with Crippen LogP contribution < -0.4 is 10.6 Å². The van der Waals surface area contributed by atoms with Gasteiger partial charge in [-0.3, -0.25) is 0 Å². The first kappa shape index (κ1) is 33.8. The molecule has 0 bridgehead atoms. The molecule has 2 aromatic carbocycles. The van der Waals surface area contributed by atoms with Crippen LogP contribution in [0.15, 0.2) is 48.5 Å². The number of carbonyl (C=O) groups is 3. The van der Waals surface area contributed by atoms with Gasteiger partial charge < -0.3 is 29.7 Å². The highest BCUT2D eigenvalue weighted by molar-refractivity contribution is 5.79. The topological polar surface area (TPSA) is 106 Å². The summed E-state index contributed by atoms with van der Waals surface area (Å²) in [5, 5.41) is 5.59. The Morgan fingerprint density at radius 1 is 0.600 bits per heavy atom. The van der Waals surface area contributed by atoms with E-state index < -0.39 is 18.3 Å². The van der Waals surface area contributed by atoms with E-state index in [0.29, 0.717) is 48.7 Å². The predicted octanol–water partition coefficient (Wildman–Crippen LogP) is 6.57. The van der Waals surface area contributed by atoms with Gasteiger partial charge in [0.25, 0.3) is 0 Å². The Hall–Kier alpha value is -4.63. The fourth-order valence-electron chi connectivity index (χ4n) is 8.58. The summed E-state index contributed by atoms with van der Waals surface area (Å²) in [7, 11) is 0. The largest absolute Gasteiger partial charge is 0.449 e. The number of ether oxygens (including phenoxy) is 3. The SMILES string of the molecule is O=C(NCCN(CCNC(=O)OCC1[C@H]2CCC#CCC[C@@H]12)C(=O)OCC1c2ccccc2-c2ccccc21)OCC1[C@H]2CCC#CCC[C@@H]12. The highest BCUT2D eigenvalue weighted by Gasteiger charge is 2.50. The third-order valence-corrected chi connectivity index (χ3v) is 11.4. The maximum Gasteiger partial charge on any atom is 0.409 e. The fraction of sp³-hybridized carbons (Fsp3) is 0.537. The molecule has 5 aliphatic carbocycles. The Morgan fingerprint density at radius 2 is 1.02 bits per heavy atom. The lowest BCUT2D eigenvalue weighted by Crippen LogP contribution is -2.43. The van der Waals surface area contributed by atoms with E-state index in [2.05, 4.69) is 58.6 Å². The van der Waals surface area contributed by atoms with E-state index in [4.69, 9.17) is 14.2 Å². The zero-order valence-corrected chi connectivity index (χ0v) is 28.7. The summed E-state index contributed by atoms with van der Waals surface area (Å²) in [5.74, 6) is 16.0. The Kier molecular flexibility index (Phi) is 10.8.